The lowest BCUT2D eigenvalue weighted by molar-refractivity contribution is -0.122. The maximum atomic E-state index is 12.8. The van der Waals surface area contributed by atoms with Gasteiger partial charge < -0.3 is 4.90 Å². The Morgan fingerprint density at radius 1 is 1.17 bits per heavy atom. The monoisotopic (exact) mass is 307 g/mol. The highest BCUT2D eigenvalue weighted by atomic mass is 16.2. The van der Waals surface area contributed by atoms with E-state index in [9.17, 15) is 4.79 Å². The number of nitrogens with zero attached hydrogens (tertiary/aromatic N) is 3. The SMILES string of the molecule is Cc1ncc(-c2ccc3c(c2)N(CC2CC2)C(=O)C3(C)C)cn1. The van der Waals surface area contributed by atoms with Crippen LogP contribution in [0.4, 0.5) is 5.69 Å². The van der Waals surface area contributed by atoms with Crippen LogP contribution in [0.25, 0.3) is 11.1 Å². The Morgan fingerprint density at radius 3 is 2.52 bits per heavy atom. The molecule has 0 saturated heterocycles. The van der Waals surface area contributed by atoms with Gasteiger partial charge in [-0.1, -0.05) is 12.1 Å². The predicted octanol–water partition coefficient (Wildman–Crippen LogP) is 3.49. The largest absolute Gasteiger partial charge is 0.311 e. The maximum absolute atomic E-state index is 12.8. The molecule has 1 aromatic heterocycles. The van der Waals surface area contributed by atoms with Crippen LogP contribution in [0, 0.1) is 12.8 Å². The average molecular weight is 307 g/mol. The van der Waals surface area contributed by atoms with Crippen molar-refractivity contribution in [3.8, 4) is 11.1 Å². The molecule has 1 aromatic carbocycles. The Morgan fingerprint density at radius 2 is 1.87 bits per heavy atom. The lowest BCUT2D eigenvalue weighted by Gasteiger charge is -2.20. The molecule has 0 atom stereocenters. The third-order valence-electron chi connectivity index (χ3n) is 4.99. The summed E-state index contributed by atoms with van der Waals surface area (Å²) in [6, 6.07) is 6.29. The molecule has 0 unspecified atom stereocenters. The summed E-state index contributed by atoms with van der Waals surface area (Å²) in [6.07, 6.45) is 6.17. The van der Waals surface area contributed by atoms with Gasteiger partial charge in [0.2, 0.25) is 5.91 Å². The minimum atomic E-state index is -0.438. The summed E-state index contributed by atoms with van der Waals surface area (Å²) < 4.78 is 0. The van der Waals surface area contributed by atoms with Gasteiger partial charge in [0, 0.05) is 30.2 Å². The number of anilines is 1. The first kappa shape index (κ1) is 14.4. The van der Waals surface area contributed by atoms with Crippen LogP contribution in [-0.4, -0.2) is 22.4 Å². The molecule has 2 aliphatic rings. The smallest absolute Gasteiger partial charge is 0.237 e. The van der Waals surface area contributed by atoms with Crippen molar-refractivity contribution in [3.63, 3.8) is 0 Å². The highest BCUT2D eigenvalue weighted by molar-refractivity contribution is 6.08. The molecule has 4 heteroatoms. The molecule has 1 amide bonds. The third kappa shape index (κ3) is 2.33. The molecule has 0 spiro atoms. The number of rotatable bonds is 3. The second-order valence-electron chi connectivity index (χ2n) is 7.24. The van der Waals surface area contributed by atoms with Crippen molar-refractivity contribution >= 4 is 11.6 Å². The quantitative estimate of drug-likeness (QED) is 0.872. The normalized spacial score (nSPS) is 19.1. The Labute approximate surface area is 136 Å². The van der Waals surface area contributed by atoms with Crippen LogP contribution >= 0.6 is 0 Å². The predicted molar refractivity (Wildman–Crippen MR) is 90.3 cm³/mol. The van der Waals surface area contributed by atoms with Gasteiger partial charge in [0.25, 0.3) is 0 Å². The fourth-order valence-corrected chi connectivity index (χ4v) is 3.31. The maximum Gasteiger partial charge on any atom is 0.237 e. The first-order chi connectivity index (χ1) is 11.0. The fourth-order valence-electron chi connectivity index (χ4n) is 3.31. The number of aromatic nitrogens is 2. The summed E-state index contributed by atoms with van der Waals surface area (Å²) in [5.74, 6) is 1.66. The van der Waals surface area contributed by atoms with Crippen LogP contribution in [-0.2, 0) is 10.2 Å². The number of aryl methyl sites for hydroxylation is 1. The molecule has 1 fully saturated rings. The van der Waals surface area contributed by atoms with Gasteiger partial charge in [0.1, 0.15) is 5.82 Å². The summed E-state index contributed by atoms with van der Waals surface area (Å²) in [5, 5.41) is 0. The standard InChI is InChI=1S/C19H21N3O/c1-12-20-9-15(10-21-12)14-6-7-16-17(8-14)22(11-13-4-5-13)18(23)19(16,2)3/h6-10,13H,4-5,11H2,1-3H3. The molecule has 0 radical (unpaired) electrons. The van der Waals surface area contributed by atoms with Crippen molar-refractivity contribution in [1.29, 1.82) is 0 Å². The van der Waals surface area contributed by atoms with Crippen LogP contribution in [0.5, 0.6) is 0 Å². The lowest BCUT2D eigenvalue weighted by Crippen LogP contribution is -2.37. The van der Waals surface area contributed by atoms with E-state index in [0.29, 0.717) is 5.92 Å². The van der Waals surface area contributed by atoms with Crippen molar-refractivity contribution in [2.75, 3.05) is 11.4 Å². The number of hydrogen-bond acceptors (Lipinski definition) is 3. The third-order valence-corrected chi connectivity index (χ3v) is 4.99. The van der Waals surface area contributed by atoms with Gasteiger partial charge >= 0.3 is 0 Å². The van der Waals surface area contributed by atoms with E-state index in [1.807, 2.05) is 38.1 Å². The molecule has 4 rings (SSSR count). The van der Waals surface area contributed by atoms with E-state index < -0.39 is 5.41 Å². The summed E-state index contributed by atoms with van der Waals surface area (Å²) in [6.45, 7) is 6.78. The number of benzene rings is 1. The summed E-state index contributed by atoms with van der Waals surface area (Å²) in [4.78, 5) is 23.4. The van der Waals surface area contributed by atoms with Crippen molar-refractivity contribution in [2.24, 2.45) is 5.92 Å². The zero-order valence-corrected chi connectivity index (χ0v) is 13.8. The number of fused-ring (bicyclic) bond motifs is 1. The van der Waals surface area contributed by atoms with Gasteiger partial charge in [-0.05, 0) is 56.7 Å². The summed E-state index contributed by atoms with van der Waals surface area (Å²) >= 11 is 0. The van der Waals surface area contributed by atoms with Gasteiger partial charge in [-0.15, -0.1) is 0 Å². The van der Waals surface area contributed by atoms with Crippen LogP contribution in [0.1, 0.15) is 38.1 Å². The molecule has 118 valence electrons. The molecule has 2 heterocycles. The number of amides is 1. The minimum Gasteiger partial charge on any atom is -0.311 e. The van der Waals surface area contributed by atoms with E-state index >= 15 is 0 Å². The van der Waals surface area contributed by atoms with Gasteiger partial charge in [-0.2, -0.15) is 0 Å². The second kappa shape index (κ2) is 4.88. The van der Waals surface area contributed by atoms with Crippen LogP contribution in [0.3, 0.4) is 0 Å². The van der Waals surface area contributed by atoms with Gasteiger partial charge in [0.15, 0.2) is 0 Å². The molecule has 1 aliphatic carbocycles. The van der Waals surface area contributed by atoms with E-state index in [2.05, 4.69) is 28.2 Å². The Hall–Kier alpha value is -2.23. The molecule has 0 N–H and O–H groups in total. The van der Waals surface area contributed by atoms with Crippen molar-refractivity contribution in [1.82, 2.24) is 9.97 Å². The van der Waals surface area contributed by atoms with Crippen molar-refractivity contribution < 1.29 is 4.79 Å². The first-order valence-electron chi connectivity index (χ1n) is 8.22. The van der Waals surface area contributed by atoms with Crippen molar-refractivity contribution in [3.05, 3.63) is 42.0 Å². The first-order valence-corrected chi connectivity index (χ1v) is 8.22. The molecular weight excluding hydrogens is 286 g/mol. The van der Waals surface area contributed by atoms with E-state index in [-0.39, 0.29) is 5.91 Å². The van der Waals surface area contributed by atoms with Gasteiger partial charge in [0.05, 0.1) is 5.41 Å². The zero-order valence-electron chi connectivity index (χ0n) is 13.8. The van der Waals surface area contributed by atoms with Crippen LogP contribution in [0.15, 0.2) is 30.6 Å². The minimum absolute atomic E-state index is 0.219. The second-order valence-corrected chi connectivity index (χ2v) is 7.24. The molecule has 4 nitrogen and oxygen atoms in total. The Balaban J connectivity index is 1.78. The molecule has 2 aromatic rings. The average Bonchev–Trinajstić information content (AvgIpc) is 3.33. The van der Waals surface area contributed by atoms with Gasteiger partial charge in [-0.25, -0.2) is 9.97 Å². The van der Waals surface area contributed by atoms with Crippen LogP contribution < -0.4 is 4.90 Å². The highest BCUT2D eigenvalue weighted by Crippen LogP contribution is 2.45. The summed E-state index contributed by atoms with van der Waals surface area (Å²) in [7, 11) is 0. The van der Waals surface area contributed by atoms with E-state index in [4.69, 9.17) is 0 Å². The summed E-state index contributed by atoms with van der Waals surface area (Å²) in [5.41, 5.74) is 3.80. The number of hydrogen-bond donors (Lipinski definition) is 0. The van der Waals surface area contributed by atoms with Crippen molar-refractivity contribution in [2.45, 2.75) is 39.0 Å². The topological polar surface area (TPSA) is 46.1 Å². The number of carbonyl (C=O) groups excluding carboxylic acids is 1. The molecule has 23 heavy (non-hydrogen) atoms. The Kier molecular flexibility index (Phi) is 3.05. The van der Waals surface area contributed by atoms with E-state index in [1.54, 1.807) is 0 Å². The zero-order chi connectivity index (χ0) is 16.2. The van der Waals surface area contributed by atoms with E-state index in [1.165, 1.54) is 12.8 Å². The van der Waals surface area contributed by atoms with E-state index in [0.717, 1.165) is 34.7 Å². The molecule has 1 aliphatic heterocycles. The molecule has 1 saturated carbocycles. The molecular formula is C19H21N3O. The Bertz CT molecular complexity index is 776. The van der Waals surface area contributed by atoms with Crippen LogP contribution in [0.2, 0.25) is 0 Å². The number of carbonyl (C=O) groups is 1. The lowest BCUT2D eigenvalue weighted by atomic mass is 9.85. The van der Waals surface area contributed by atoms with Gasteiger partial charge in [-0.3, -0.25) is 4.79 Å². The fraction of sp³-hybridized carbons (Fsp3) is 0.421. The highest BCUT2D eigenvalue weighted by Gasteiger charge is 2.45. The molecule has 0 bridgehead atoms.